The summed E-state index contributed by atoms with van der Waals surface area (Å²) in [6, 6.07) is 8.14. The molecule has 2 aromatic rings. The molecule has 0 aliphatic heterocycles. The summed E-state index contributed by atoms with van der Waals surface area (Å²) in [6.45, 7) is 7.65. The fraction of sp³-hybridized carbons (Fsp3) is 0.609. The molecule has 6 heteroatoms. The number of hydrogen-bond acceptors (Lipinski definition) is 5. The first-order valence-corrected chi connectivity index (χ1v) is 10.9. The molecule has 0 amide bonds. The predicted molar refractivity (Wildman–Crippen MR) is 115 cm³/mol. The average Bonchev–Trinajstić information content (AvgIpc) is 3.15. The lowest BCUT2D eigenvalue weighted by Gasteiger charge is -2.05. The van der Waals surface area contributed by atoms with Crippen molar-refractivity contribution in [3.8, 4) is 17.4 Å². The summed E-state index contributed by atoms with van der Waals surface area (Å²) in [5, 5.41) is 4.32. The van der Waals surface area contributed by atoms with Crippen LogP contribution in [0.5, 0.6) is 6.01 Å². The molecule has 1 aromatic carbocycles. The van der Waals surface area contributed by atoms with Gasteiger partial charge >= 0.3 is 6.01 Å². The number of carbonyl (C=O) groups excluding carboxylic acids is 1. The van der Waals surface area contributed by atoms with E-state index in [1.165, 1.54) is 36.8 Å². The molecule has 6 nitrogen and oxygen atoms in total. The predicted octanol–water partition coefficient (Wildman–Crippen LogP) is 5.45. The number of carbonyl (C=O) groups is 1. The molecule has 0 saturated carbocycles. The van der Waals surface area contributed by atoms with Crippen LogP contribution >= 0.6 is 0 Å². The Kier molecular flexibility index (Phi) is 10.4. The first-order valence-electron chi connectivity index (χ1n) is 10.9. The fourth-order valence-corrected chi connectivity index (χ4v) is 3.09. The molecular weight excluding hydrogens is 366 g/mol. The Hall–Kier alpha value is -2.21. The highest BCUT2D eigenvalue weighted by atomic mass is 16.5. The first kappa shape index (κ1) is 23.1. The van der Waals surface area contributed by atoms with E-state index >= 15 is 0 Å². The zero-order chi connectivity index (χ0) is 20.9. The molecule has 2 rings (SSSR count). The highest BCUT2D eigenvalue weighted by Crippen LogP contribution is 2.21. The van der Waals surface area contributed by atoms with Crippen LogP contribution in [-0.4, -0.2) is 40.5 Å². The van der Waals surface area contributed by atoms with E-state index in [4.69, 9.17) is 9.47 Å². The maximum Gasteiger partial charge on any atom is 0.336 e. The molecule has 0 unspecified atom stereocenters. The van der Waals surface area contributed by atoms with E-state index in [2.05, 4.69) is 17.0 Å². The number of hydrogen-bond donors (Lipinski definition) is 0. The summed E-state index contributed by atoms with van der Waals surface area (Å²) < 4.78 is 12.3. The maximum absolute atomic E-state index is 12.8. The molecule has 0 bridgehead atoms. The van der Waals surface area contributed by atoms with Crippen LogP contribution in [0.3, 0.4) is 0 Å². The molecular formula is C23H35N3O3. The topological polar surface area (TPSA) is 66.2 Å². The van der Waals surface area contributed by atoms with E-state index in [1.54, 1.807) is 0 Å². The van der Waals surface area contributed by atoms with Crippen molar-refractivity contribution in [3.63, 3.8) is 0 Å². The Morgan fingerprint density at radius 2 is 1.66 bits per heavy atom. The smallest absolute Gasteiger partial charge is 0.336 e. The number of unbranched alkanes of at least 4 members (excludes halogenated alkanes) is 6. The van der Waals surface area contributed by atoms with E-state index in [9.17, 15) is 4.79 Å². The molecule has 0 spiro atoms. The van der Waals surface area contributed by atoms with Crippen LogP contribution in [0.25, 0.3) is 11.4 Å². The van der Waals surface area contributed by atoms with Gasteiger partial charge in [-0.05, 0) is 20.3 Å². The molecule has 1 heterocycles. The molecule has 0 fully saturated rings. The largest absolute Gasteiger partial charge is 0.460 e. The minimum atomic E-state index is -0.0405. The third kappa shape index (κ3) is 7.97. The van der Waals surface area contributed by atoms with Crippen LogP contribution in [0.1, 0.15) is 75.6 Å². The van der Waals surface area contributed by atoms with E-state index in [-0.39, 0.29) is 11.9 Å². The van der Waals surface area contributed by atoms with Gasteiger partial charge in [0.15, 0.2) is 5.82 Å². The second-order valence-corrected chi connectivity index (χ2v) is 7.31. The quantitative estimate of drug-likeness (QED) is 0.394. The summed E-state index contributed by atoms with van der Waals surface area (Å²) in [5.41, 5.74) is 2.01. The molecule has 0 N–H and O–H groups in total. The number of rotatable bonds is 14. The first-order chi connectivity index (χ1) is 14.2. The summed E-state index contributed by atoms with van der Waals surface area (Å²) in [6.07, 6.45) is 8.67. The van der Waals surface area contributed by atoms with Crippen LogP contribution in [0.4, 0.5) is 0 Å². The monoisotopic (exact) mass is 401 g/mol. The van der Waals surface area contributed by atoms with Crippen LogP contribution in [0.15, 0.2) is 24.3 Å². The number of ether oxygens (including phenoxy) is 2. The highest BCUT2D eigenvalue weighted by Gasteiger charge is 2.18. The van der Waals surface area contributed by atoms with Crippen LogP contribution in [0, 0.1) is 6.92 Å². The van der Waals surface area contributed by atoms with Crippen molar-refractivity contribution in [1.82, 2.24) is 14.8 Å². The number of nitrogens with zero attached hydrogens (tertiary/aromatic N) is 3. The van der Waals surface area contributed by atoms with Gasteiger partial charge in [0, 0.05) is 18.6 Å². The summed E-state index contributed by atoms with van der Waals surface area (Å²) in [7, 11) is 0. The van der Waals surface area contributed by atoms with E-state index in [1.807, 2.05) is 38.1 Å². The van der Waals surface area contributed by atoms with E-state index in [0.29, 0.717) is 32.1 Å². The minimum Gasteiger partial charge on any atom is -0.460 e. The van der Waals surface area contributed by atoms with Crippen LogP contribution < -0.4 is 4.74 Å². The van der Waals surface area contributed by atoms with Gasteiger partial charge < -0.3 is 9.47 Å². The van der Waals surface area contributed by atoms with Gasteiger partial charge in [-0.2, -0.15) is 9.67 Å². The van der Waals surface area contributed by atoms with Crippen molar-refractivity contribution in [2.75, 3.05) is 19.8 Å². The van der Waals surface area contributed by atoms with E-state index in [0.717, 1.165) is 24.0 Å². The van der Waals surface area contributed by atoms with Crippen molar-refractivity contribution in [3.05, 3.63) is 29.8 Å². The fourth-order valence-electron chi connectivity index (χ4n) is 3.09. The summed E-state index contributed by atoms with van der Waals surface area (Å²) in [5.74, 6) is 0.491. The zero-order valence-electron chi connectivity index (χ0n) is 18.2. The van der Waals surface area contributed by atoms with Crippen LogP contribution in [-0.2, 0) is 4.74 Å². The lowest BCUT2D eigenvalue weighted by molar-refractivity contribution is 0.0878. The van der Waals surface area contributed by atoms with Gasteiger partial charge in [-0.15, -0.1) is 5.10 Å². The zero-order valence-corrected chi connectivity index (χ0v) is 18.2. The molecule has 0 saturated heterocycles. The maximum atomic E-state index is 12.8. The van der Waals surface area contributed by atoms with Crippen molar-refractivity contribution in [2.45, 2.75) is 72.1 Å². The Balaban J connectivity index is 2.00. The average molecular weight is 402 g/mol. The second-order valence-electron chi connectivity index (χ2n) is 7.31. The van der Waals surface area contributed by atoms with Gasteiger partial charge in [0.25, 0.3) is 0 Å². The van der Waals surface area contributed by atoms with Crippen molar-refractivity contribution < 1.29 is 14.3 Å². The van der Waals surface area contributed by atoms with Gasteiger partial charge in [0.1, 0.15) is 6.61 Å². The number of aromatic nitrogens is 3. The normalized spacial score (nSPS) is 11.0. The second kappa shape index (κ2) is 13.1. The molecule has 1 aromatic heterocycles. The molecule has 160 valence electrons. The SMILES string of the molecule is CCCCCCCCCC(=O)n1nc(OCCOCC)nc1-c1ccc(C)cc1. The molecule has 0 radical (unpaired) electrons. The van der Waals surface area contributed by atoms with Gasteiger partial charge in [-0.1, -0.05) is 75.3 Å². The Bertz CT molecular complexity index is 725. The highest BCUT2D eigenvalue weighted by molar-refractivity contribution is 5.82. The summed E-state index contributed by atoms with van der Waals surface area (Å²) >= 11 is 0. The van der Waals surface area contributed by atoms with Gasteiger partial charge in [-0.3, -0.25) is 4.79 Å². The van der Waals surface area contributed by atoms with Crippen molar-refractivity contribution in [2.24, 2.45) is 0 Å². The summed E-state index contributed by atoms with van der Waals surface area (Å²) in [4.78, 5) is 17.3. The van der Waals surface area contributed by atoms with Crippen molar-refractivity contribution >= 4 is 5.91 Å². The Labute approximate surface area is 174 Å². The van der Waals surface area contributed by atoms with Gasteiger partial charge in [-0.25, -0.2) is 0 Å². The molecule has 0 aliphatic carbocycles. The lowest BCUT2D eigenvalue weighted by atomic mass is 10.1. The van der Waals surface area contributed by atoms with Crippen LogP contribution in [0.2, 0.25) is 0 Å². The third-order valence-electron chi connectivity index (χ3n) is 4.79. The van der Waals surface area contributed by atoms with Gasteiger partial charge in [0.2, 0.25) is 5.91 Å². The van der Waals surface area contributed by atoms with E-state index < -0.39 is 0 Å². The number of benzene rings is 1. The van der Waals surface area contributed by atoms with Gasteiger partial charge in [0.05, 0.1) is 6.61 Å². The molecule has 0 atom stereocenters. The molecule has 29 heavy (non-hydrogen) atoms. The lowest BCUT2D eigenvalue weighted by Crippen LogP contribution is -2.14. The third-order valence-corrected chi connectivity index (χ3v) is 4.79. The Morgan fingerprint density at radius 3 is 2.34 bits per heavy atom. The molecule has 0 aliphatic rings. The standard InChI is InChI=1S/C23H35N3O3/c1-4-6-7-8-9-10-11-12-21(27)26-22(20-15-13-19(3)14-16-20)24-23(25-26)29-18-17-28-5-2/h13-16H,4-12,17-18H2,1-3H3. The number of aryl methyl sites for hydroxylation is 1. The minimum absolute atomic E-state index is 0.0405. The van der Waals surface area contributed by atoms with Crippen molar-refractivity contribution in [1.29, 1.82) is 0 Å². The Morgan fingerprint density at radius 1 is 0.966 bits per heavy atom.